The molecule has 5 nitrogen and oxygen atoms in total. The van der Waals surface area contributed by atoms with E-state index in [9.17, 15) is 14.4 Å². The van der Waals surface area contributed by atoms with Gasteiger partial charge in [0.1, 0.15) is 5.75 Å². The van der Waals surface area contributed by atoms with E-state index in [1.165, 1.54) is 16.9 Å². The van der Waals surface area contributed by atoms with Crippen LogP contribution < -0.4 is 4.74 Å². The van der Waals surface area contributed by atoms with Crippen LogP contribution in [0.1, 0.15) is 73.9 Å². The fourth-order valence-corrected chi connectivity index (χ4v) is 6.38. The van der Waals surface area contributed by atoms with E-state index in [2.05, 4.69) is 18.4 Å². The number of aryl methyl sites for hydroxylation is 1. The highest BCUT2D eigenvalue weighted by molar-refractivity contribution is 7.13. The van der Waals surface area contributed by atoms with Crippen molar-refractivity contribution in [2.45, 2.75) is 65.2 Å². The Hall–Kier alpha value is -3.77. The number of thiophene rings is 1. The van der Waals surface area contributed by atoms with Crippen LogP contribution in [0.2, 0.25) is 0 Å². The molecule has 206 valence electrons. The van der Waals surface area contributed by atoms with Gasteiger partial charge in [-0.3, -0.25) is 14.5 Å². The monoisotopic (exact) mass is 553 g/mol. The quantitative estimate of drug-likeness (QED) is 0.124. The van der Waals surface area contributed by atoms with Crippen LogP contribution in [0.4, 0.5) is 0 Å². The summed E-state index contributed by atoms with van der Waals surface area (Å²) in [4.78, 5) is 41.1. The van der Waals surface area contributed by atoms with Gasteiger partial charge in [-0.15, -0.1) is 11.3 Å². The summed E-state index contributed by atoms with van der Waals surface area (Å²) in [5, 5.41) is 2.09. The first-order valence-corrected chi connectivity index (χ1v) is 15.1. The molecule has 1 aromatic heterocycles. The molecule has 0 unspecified atom stereocenters. The Morgan fingerprint density at radius 3 is 2.33 bits per heavy atom. The van der Waals surface area contributed by atoms with Crippen LogP contribution in [0.15, 0.2) is 82.8 Å². The van der Waals surface area contributed by atoms with Crippen LogP contribution in [0.5, 0.6) is 5.75 Å². The number of imide groups is 1. The van der Waals surface area contributed by atoms with E-state index in [0.29, 0.717) is 35.4 Å². The Morgan fingerprint density at radius 2 is 1.65 bits per heavy atom. The minimum atomic E-state index is -0.369. The second-order valence-corrected chi connectivity index (χ2v) is 11.3. The Balaban J connectivity index is 1.26. The third kappa shape index (κ3) is 6.02. The van der Waals surface area contributed by atoms with Gasteiger partial charge in [0, 0.05) is 17.0 Å². The number of esters is 1. The maximum Gasteiger partial charge on any atom is 0.343 e. The zero-order valence-corrected chi connectivity index (χ0v) is 24.0. The number of benzene rings is 2. The minimum Gasteiger partial charge on any atom is -0.423 e. The number of allylic oxidation sites excluding steroid dienone is 2. The molecule has 6 heteroatoms. The van der Waals surface area contributed by atoms with Gasteiger partial charge in [-0.1, -0.05) is 43.5 Å². The topological polar surface area (TPSA) is 63.7 Å². The lowest BCUT2D eigenvalue weighted by Crippen LogP contribution is -2.29. The lowest BCUT2D eigenvalue weighted by Gasteiger charge is -2.16. The third-order valence-corrected chi connectivity index (χ3v) is 8.63. The van der Waals surface area contributed by atoms with Gasteiger partial charge in [-0.05, 0) is 110 Å². The molecule has 0 radical (unpaired) electrons. The molecule has 1 aliphatic heterocycles. The molecule has 5 rings (SSSR count). The van der Waals surface area contributed by atoms with Crippen LogP contribution in [0, 0.1) is 0 Å². The molecule has 1 aliphatic carbocycles. The van der Waals surface area contributed by atoms with Crippen LogP contribution in [0.3, 0.4) is 0 Å². The maximum atomic E-state index is 13.1. The van der Waals surface area contributed by atoms with Crippen molar-refractivity contribution in [1.82, 2.24) is 4.90 Å². The van der Waals surface area contributed by atoms with Crippen molar-refractivity contribution in [2.75, 3.05) is 6.54 Å². The van der Waals surface area contributed by atoms with E-state index in [-0.39, 0.29) is 17.8 Å². The van der Waals surface area contributed by atoms with E-state index in [0.717, 1.165) is 60.1 Å². The number of rotatable bonds is 8. The summed E-state index contributed by atoms with van der Waals surface area (Å²) in [6.07, 6.45) is 9.75. The lowest BCUT2D eigenvalue weighted by molar-refractivity contribution is -0.136. The lowest BCUT2D eigenvalue weighted by atomic mass is 9.88. The molecule has 0 atom stereocenters. The Kier molecular flexibility index (Phi) is 8.75. The predicted molar refractivity (Wildman–Crippen MR) is 159 cm³/mol. The largest absolute Gasteiger partial charge is 0.423 e. The molecule has 0 N–H and O–H groups in total. The maximum absolute atomic E-state index is 13.1. The smallest absolute Gasteiger partial charge is 0.343 e. The number of amides is 2. The van der Waals surface area contributed by atoms with Crippen molar-refractivity contribution >= 4 is 29.1 Å². The van der Waals surface area contributed by atoms with Crippen molar-refractivity contribution in [2.24, 2.45) is 0 Å². The van der Waals surface area contributed by atoms with Crippen LogP contribution >= 0.6 is 11.3 Å². The van der Waals surface area contributed by atoms with E-state index in [1.54, 1.807) is 11.3 Å². The van der Waals surface area contributed by atoms with Crippen molar-refractivity contribution < 1.29 is 19.1 Å². The number of carbonyl (C=O) groups is 3. The Bertz CT molecular complexity index is 1450. The van der Waals surface area contributed by atoms with Crippen LogP contribution in [0.25, 0.3) is 10.4 Å². The highest BCUT2D eigenvalue weighted by atomic mass is 32.1. The van der Waals surface area contributed by atoms with Gasteiger partial charge < -0.3 is 4.74 Å². The SMILES string of the molecule is CCCc1ccc(C(=O)Oc2ccc(-c3cc(CC=C4C(=O)N(CC)C(=O)C4=C4CCCCC4)cs3)cc2)cc1. The number of carbonyl (C=O) groups excluding carboxylic acids is 3. The molecule has 2 aliphatic rings. The number of likely N-dealkylation sites (tertiary alicyclic amines) is 1. The van der Waals surface area contributed by atoms with Crippen LogP contribution in [-0.4, -0.2) is 29.2 Å². The van der Waals surface area contributed by atoms with Gasteiger partial charge in [0.05, 0.1) is 11.1 Å². The summed E-state index contributed by atoms with van der Waals surface area (Å²) in [5.41, 5.74) is 6.24. The summed E-state index contributed by atoms with van der Waals surface area (Å²) >= 11 is 1.63. The molecule has 40 heavy (non-hydrogen) atoms. The van der Waals surface area contributed by atoms with Crippen molar-refractivity contribution in [3.05, 3.63) is 99.5 Å². The normalized spacial score (nSPS) is 16.8. The first-order chi connectivity index (χ1) is 19.5. The van der Waals surface area contributed by atoms with Gasteiger partial charge in [0.2, 0.25) is 0 Å². The van der Waals surface area contributed by atoms with Gasteiger partial charge in [0.25, 0.3) is 11.8 Å². The zero-order chi connectivity index (χ0) is 28.1. The van der Waals surface area contributed by atoms with E-state index < -0.39 is 0 Å². The summed E-state index contributed by atoms with van der Waals surface area (Å²) in [5.74, 6) is -0.165. The fraction of sp³-hybridized carbons (Fsp3) is 0.324. The highest BCUT2D eigenvalue weighted by Crippen LogP contribution is 2.35. The summed E-state index contributed by atoms with van der Waals surface area (Å²) in [6, 6.07) is 17.2. The minimum absolute atomic E-state index is 0.129. The van der Waals surface area contributed by atoms with E-state index in [4.69, 9.17) is 4.74 Å². The Morgan fingerprint density at radius 1 is 0.925 bits per heavy atom. The van der Waals surface area contributed by atoms with Gasteiger partial charge >= 0.3 is 5.97 Å². The van der Waals surface area contributed by atoms with Crippen molar-refractivity contribution in [3.8, 4) is 16.2 Å². The first-order valence-electron chi connectivity index (χ1n) is 14.3. The number of hydrogen-bond acceptors (Lipinski definition) is 5. The molecule has 0 spiro atoms. The molecule has 2 aromatic carbocycles. The predicted octanol–water partition coefficient (Wildman–Crippen LogP) is 7.71. The van der Waals surface area contributed by atoms with Crippen molar-refractivity contribution in [1.29, 1.82) is 0 Å². The fourth-order valence-electron chi connectivity index (χ4n) is 5.44. The summed E-state index contributed by atoms with van der Waals surface area (Å²) < 4.78 is 5.58. The molecular formula is C34H35NO4S. The first kappa shape index (κ1) is 27.8. The standard InChI is InChI=1S/C34H35NO4S/c1-3-8-23-11-14-27(15-12-23)34(38)39-28-18-16-25(17-19-28)30-21-24(22-40-30)13-20-29-31(26-9-6-5-7-10-26)33(37)35(4-2)32(29)36/h11-12,14-22H,3-10,13H2,1-2H3. The summed E-state index contributed by atoms with van der Waals surface area (Å²) in [7, 11) is 0. The molecule has 2 heterocycles. The molecular weight excluding hydrogens is 518 g/mol. The average molecular weight is 554 g/mol. The Labute approximate surface area is 240 Å². The number of hydrogen-bond donors (Lipinski definition) is 0. The van der Waals surface area contributed by atoms with Gasteiger partial charge in [0.15, 0.2) is 0 Å². The zero-order valence-electron chi connectivity index (χ0n) is 23.2. The summed E-state index contributed by atoms with van der Waals surface area (Å²) in [6.45, 7) is 4.38. The molecule has 1 saturated carbocycles. The molecule has 2 amide bonds. The van der Waals surface area contributed by atoms with Gasteiger partial charge in [-0.2, -0.15) is 0 Å². The molecule has 1 saturated heterocycles. The second-order valence-electron chi connectivity index (χ2n) is 10.4. The van der Waals surface area contributed by atoms with Gasteiger partial charge in [-0.25, -0.2) is 4.79 Å². The number of likely N-dealkylation sites (N-methyl/N-ethyl adjacent to an activating group) is 1. The average Bonchev–Trinajstić information content (AvgIpc) is 3.54. The van der Waals surface area contributed by atoms with E-state index in [1.807, 2.05) is 61.5 Å². The van der Waals surface area contributed by atoms with E-state index >= 15 is 0 Å². The highest BCUT2D eigenvalue weighted by Gasteiger charge is 2.39. The third-order valence-electron chi connectivity index (χ3n) is 7.60. The number of nitrogens with zero attached hydrogens (tertiary/aromatic N) is 1. The molecule has 2 fully saturated rings. The number of ether oxygens (including phenoxy) is 1. The van der Waals surface area contributed by atoms with Crippen molar-refractivity contribution in [3.63, 3.8) is 0 Å². The second kappa shape index (κ2) is 12.6. The molecule has 0 bridgehead atoms. The van der Waals surface area contributed by atoms with Crippen LogP contribution in [-0.2, 0) is 22.4 Å². The molecule has 3 aromatic rings.